The highest BCUT2D eigenvalue weighted by Crippen LogP contribution is 2.39. The van der Waals surface area contributed by atoms with Crippen LogP contribution in [0.5, 0.6) is 0 Å². The number of halogens is 1. The van der Waals surface area contributed by atoms with E-state index in [0.717, 1.165) is 0 Å². The van der Waals surface area contributed by atoms with Crippen LogP contribution < -0.4 is 5.32 Å². The molecule has 1 aliphatic rings. The minimum Gasteiger partial charge on any atom is -0.466 e. The third-order valence-corrected chi connectivity index (χ3v) is 4.38. The Morgan fingerprint density at radius 2 is 1.85 bits per heavy atom. The summed E-state index contributed by atoms with van der Waals surface area (Å²) in [7, 11) is 1.24. The smallest absolute Gasteiger partial charge is 0.336 e. The number of nitrogens with zero attached hydrogens (tertiary/aromatic N) is 1. The molecule has 1 atom stereocenters. The number of carbonyl (C=O) groups is 2. The topological polar surface area (TPSA) is 108 Å². The first-order valence-electron chi connectivity index (χ1n) is 8.12. The highest BCUT2D eigenvalue weighted by atomic mass is 35.5. The van der Waals surface area contributed by atoms with Crippen molar-refractivity contribution >= 4 is 29.2 Å². The van der Waals surface area contributed by atoms with Crippen molar-refractivity contribution in [3.63, 3.8) is 0 Å². The molecule has 0 saturated carbocycles. The lowest BCUT2D eigenvalue weighted by Gasteiger charge is -2.30. The van der Waals surface area contributed by atoms with Gasteiger partial charge in [0.2, 0.25) is 0 Å². The van der Waals surface area contributed by atoms with Gasteiger partial charge in [0.1, 0.15) is 0 Å². The van der Waals surface area contributed by atoms with Crippen molar-refractivity contribution in [3.8, 4) is 0 Å². The zero-order valence-corrected chi connectivity index (χ0v) is 15.8. The number of non-ortho nitro benzene ring substituents is 1. The molecule has 9 heteroatoms. The van der Waals surface area contributed by atoms with Gasteiger partial charge in [0.25, 0.3) is 5.69 Å². The molecule has 27 heavy (non-hydrogen) atoms. The molecule has 0 aliphatic carbocycles. The van der Waals surface area contributed by atoms with Gasteiger partial charge in [-0.2, -0.15) is 0 Å². The van der Waals surface area contributed by atoms with E-state index in [1.165, 1.54) is 31.4 Å². The maximum atomic E-state index is 12.6. The van der Waals surface area contributed by atoms with Gasteiger partial charge in [0.15, 0.2) is 0 Å². The molecule has 2 rings (SSSR count). The fraction of sp³-hybridized carbons (Fsp3) is 0.333. The summed E-state index contributed by atoms with van der Waals surface area (Å²) >= 11 is 6.01. The quantitative estimate of drug-likeness (QED) is 0.342. The highest BCUT2D eigenvalue weighted by molar-refractivity contribution is 6.20. The van der Waals surface area contributed by atoms with Crippen molar-refractivity contribution in [1.82, 2.24) is 5.32 Å². The number of rotatable bonds is 6. The van der Waals surface area contributed by atoms with Crippen molar-refractivity contribution in [2.75, 3.05) is 19.6 Å². The van der Waals surface area contributed by atoms with Gasteiger partial charge in [-0.05, 0) is 19.4 Å². The molecule has 0 saturated heterocycles. The standard InChI is InChI=1S/C18H19ClN2O6/c1-4-27-18(23)16-13(9-19)20-10(2)14(17(22)26-3)15(16)11-5-7-12(8-6-11)21(24)25/h5-8,15,20H,4,9H2,1-3H3. The Hall–Kier alpha value is -2.87. The van der Waals surface area contributed by atoms with Crippen LogP contribution in [0.2, 0.25) is 0 Å². The van der Waals surface area contributed by atoms with Crippen molar-refractivity contribution in [1.29, 1.82) is 0 Å². The molecule has 0 radical (unpaired) electrons. The van der Waals surface area contributed by atoms with Crippen LogP contribution in [0, 0.1) is 10.1 Å². The Morgan fingerprint density at radius 3 is 2.33 bits per heavy atom. The molecule has 144 valence electrons. The molecule has 0 bridgehead atoms. The summed E-state index contributed by atoms with van der Waals surface area (Å²) < 4.78 is 10.0. The van der Waals surface area contributed by atoms with Crippen LogP contribution in [-0.4, -0.2) is 36.5 Å². The Kier molecular flexibility index (Phi) is 6.57. The molecular weight excluding hydrogens is 376 g/mol. The fourth-order valence-corrected chi connectivity index (χ4v) is 3.16. The number of methoxy groups -OCH3 is 1. The van der Waals surface area contributed by atoms with Gasteiger partial charge < -0.3 is 14.8 Å². The average Bonchev–Trinajstić information content (AvgIpc) is 2.66. The van der Waals surface area contributed by atoms with Crippen LogP contribution in [0.4, 0.5) is 5.69 Å². The lowest BCUT2D eigenvalue weighted by molar-refractivity contribution is -0.384. The zero-order valence-electron chi connectivity index (χ0n) is 15.1. The number of nitro groups is 1. The third kappa shape index (κ3) is 4.11. The number of hydrogen-bond acceptors (Lipinski definition) is 7. The summed E-state index contributed by atoms with van der Waals surface area (Å²) in [5.41, 5.74) is 1.67. The average molecular weight is 395 g/mol. The van der Waals surface area contributed by atoms with E-state index < -0.39 is 22.8 Å². The number of dihydropyridines is 1. The number of benzene rings is 1. The molecule has 1 unspecified atom stereocenters. The summed E-state index contributed by atoms with van der Waals surface area (Å²) in [6, 6.07) is 5.61. The highest BCUT2D eigenvalue weighted by Gasteiger charge is 2.38. The Balaban J connectivity index is 2.68. The first kappa shape index (κ1) is 20.4. The van der Waals surface area contributed by atoms with Crippen LogP contribution in [0.15, 0.2) is 46.8 Å². The van der Waals surface area contributed by atoms with E-state index in [1.54, 1.807) is 13.8 Å². The van der Waals surface area contributed by atoms with Crippen LogP contribution >= 0.6 is 11.6 Å². The third-order valence-electron chi connectivity index (χ3n) is 4.12. The Morgan fingerprint density at radius 1 is 1.22 bits per heavy atom. The van der Waals surface area contributed by atoms with Gasteiger partial charge in [0, 0.05) is 23.5 Å². The number of ether oxygens (including phenoxy) is 2. The second kappa shape index (κ2) is 8.68. The minimum atomic E-state index is -0.827. The van der Waals surface area contributed by atoms with Crippen LogP contribution in [0.25, 0.3) is 0 Å². The number of nitrogens with one attached hydrogen (secondary N) is 1. The fourth-order valence-electron chi connectivity index (χ4n) is 2.95. The molecule has 1 N–H and O–H groups in total. The molecule has 0 amide bonds. The predicted octanol–water partition coefficient (Wildman–Crippen LogP) is 2.78. The van der Waals surface area contributed by atoms with Crippen LogP contribution in [0.3, 0.4) is 0 Å². The minimum absolute atomic E-state index is 0.0105. The van der Waals surface area contributed by atoms with Crippen molar-refractivity contribution in [2.45, 2.75) is 19.8 Å². The van der Waals surface area contributed by atoms with Gasteiger partial charge in [0.05, 0.1) is 41.6 Å². The number of alkyl halides is 1. The van der Waals surface area contributed by atoms with Gasteiger partial charge in [-0.25, -0.2) is 9.59 Å². The van der Waals surface area contributed by atoms with Gasteiger partial charge in [-0.3, -0.25) is 10.1 Å². The van der Waals surface area contributed by atoms with E-state index in [2.05, 4.69) is 5.32 Å². The van der Waals surface area contributed by atoms with Crippen LogP contribution in [0.1, 0.15) is 25.3 Å². The number of allylic oxidation sites excluding steroid dienone is 2. The first-order valence-corrected chi connectivity index (χ1v) is 8.65. The molecule has 1 aromatic carbocycles. The summed E-state index contributed by atoms with van der Waals surface area (Å²) in [4.78, 5) is 35.4. The van der Waals surface area contributed by atoms with E-state index in [9.17, 15) is 19.7 Å². The molecule has 0 fully saturated rings. The molecule has 1 aliphatic heterocycles. The van der Waals surface area contributed by atoms with Gasteiger partial charge >= 0.3 is 11.9 Å². The van der Waals surface area contributed by atoms with E-state index in [4.69, 9.17) is 21.1 Å². The number of carbonyl (C=O) groups excluding carboxylic acids is 2. The van der Waals surface area contributed by atoms with Gasteiger partial charge in [-0.15, -0.1) is 11.6 Å². The molecule has 8 nitrogen and oxygen atoms in total. The van der Waals surface area contributed by atoms with Gasteiger partial charge in [-0.1, -0.05) is 12.1 Å². The molecule has 1 aromatic rings. The van der Waals surface area contributed by atoms with Crippen molar-refractivity contribution < 1.29 is 24.0 Å². The Bertz CT molecular complexity index is 829. The molecule has 0 spiro atoms. The maximum Gasteiger partial charge on any atom is 0.336 e. The second-order valence-electron chi connectivity index (χ2n) is 5.68. The van der Waals surface area contributed by atoms with E-state index in [1.807, 2.05) is 0 Å². The van der Waals surface area contributed by atoms with Crippen LogP contribution in [-0.2, 0) is 19.1 Å². The number of esters is 2. The van der Waals surface area contributed by atoms with Crippen molar-refractivity contribution in [3.05, 3.63) is 62.5 Å². The Labute approximate surface area is 160 Å². The zero-order chi connectivity index (χ0) is 20.1. The molecule has 1 heterocycles. The monoisotopic (exact) mass is 394 g/mol. The molecule has 0 aromatic heterocycles. The lowest BCUT2D eigenvalue weighted by Crippen LogP contribution is -2.33. The summed E-state index contributed by atoms with van der Waals surface area (Å²) in [5, 5.41) is 13.9. The van der Waals surface area contributed by atoms with E-state index >= 15 is 0 Å². The SMILES string of the molecule is CCOC(=O)C1=C(CCl)NC(C)=C(C(=O)OC)C1c1ccc([N+](=O)[O-])cc1. The van der Waals surface area contributed by atoms with E-state index in [-0.39, 0.29) is 29.3 Å². The lowest BCUT2D eigenvalue weighted by atomic mass is 9.80. The molecular formula is C18H19ClN2O6. The summed E-state index contributed by atoms with van der Waals surface area (Å²) in [6.07, 6.45) is 0. The van der Waals surface area contributed by atoms with E-state index in [0.29, 0.717) is 17.0 Å². The van der Waals surface area contributed by atoms with Crippen molar-refractivity contribution in [2.24, 2.45) is 0 Å². The normalized spacial score (nSPS) is 16.7. The first-order chi connectivity index (χ1) is 12.8. The number of nitro benzene ring substituents is 1. The summed E-state index contributed by atoms with van der Waals surface area (Å²) in [5.74, 6) is -2.09. The second-order valence-corrected chi connectivity index (χ2v) is 5.95. The summed E-state index contributed by atoms with van der Waals surface area (Å²) in [6.45, 7) is 3.47. The number of hydrogen-bond donors (Lipinski definition) is 1. The predicted molar refractivity (Wildman–Crippen MR) is 98.1 cm³/mol. The maximum absolute atomic E-state index is 12.6. The largest absolute Gasteiger partial charge is 0.466 e.